The van der Waals surface area contributed by atoms with Gasteiger partial charge in [0.15, 0.2) is 0 Å². The summed E-state index contributed by atoms with van der Waals surface area (Å²) in [5.74, 6) is 0.112. The Hall–Kier alpha value is -1.34. The molecule has 2 N–H and O–H groups in total. The van der Waals surface area contributed by atoms with Gasteiger partial charge in [-0.05, 0) is 31.9 Å². The number of anilines is 1. The number of halogens is 2. The second kappa shape index (κ2) is 9.04. The van der Waals surface area contributed by atoms with Gasteiger partial charge in [0.1, 0.15) is 0 Å². The van der Waals surface area contributed by atoms with Crippen molar-refractivity contribution in [3.05, 3.63) is 29.8 Å². The van der Waals surface area contributed by atoms with Crippen LogP contribution in [0, 0.1) is 0 Å². The first-order chi connectivity index (χ1) is 11.4. The van der Waals surface area contributed by atoms with E-state index in [4.69, 9.17) is 5.73 Å². The normalized spacial score (nSPS) is 17.2. The number of rotatable bonds is 3. The Morgan fingerprint density at radius 3 is 2.27 bits per heavy atom. The van der Waals surface area contributed by atoms with Crippen LogP contribution >= 0.6 is 24.8 Å². The van der Waals surface area contributed by atoms with E-state index in [2.05, 4.69) is 11.0 Å². The van der Waals surface area contributed by atoms with Crippen LogP contribution in [0.5, 0.6) is 0 Å². The molecule has 0 atom stereocenters. The number of nitrogens with zero attached hydrogens (tertiary/aromatic N) is 3. The lowest BCUT2D eigenvalue weighted by atomic mass is 10.0. The summed E-state index contributed by atoms with van der Waals surface area (Å²) in [6.45, 7) is 7.31. The first-order valence-electron chi connectivity index (χ1n) is 8.55. The Labute approximate surface area is 167 Å². The fourth-order valence-corrected chi connectivity index (χ4v) is 3.39. The molecule has 1 aromatic carbocycles. The van der Waals surface area contributed by atoms with Gasteiger partial charge in [0.05, 0.1) is 12.1 Å². The first-order valence-corrected chi connectivity index (χ1v) is 8.55. The Balaban J connectivity index is 0.00000169. The van der Waals surface area contributed by atoms with Crippen molar-refractivity contribution < 1.29 is 9.59 Å². The van der Waals surface area contributed by atoms with Crippen LogP contribution in [0.2, 0.25) is 0 Å². The van der Waals surface area contributed by atoms with Crippen LogP contribution in [0.15, 0.2) is 24.3 Å². The van der Waals surface area contributed by atoms with E-state index in [1.807, 2.05) is 23.1 Å². The average molecular weight is 403 g/mol. The molecule has 146 valence electrons. The summed E-state index contributed by atoms with van der Waals surface area (Å²) in [5, 5.41) is 0. The molecule has 3 rings (SSSR count). The zero-order chi connectivity index (χ0) is 17.3. The second-order valence-corrected chi connectivity index (χ2v) is 7.21. The molecule has 2 aliphatic heterocycles. The molecule has 0 spiro atoms. The minimum absolute atomic E-state index is 0. The smallest absolute Gasteiger partial charge is 0.242 e. The zero-order valence-corrected chi connectivity index (χ0v) is 16.9. The Morgan fingerprint density at radius 1 is 1.04 bits per heavy atom. The predicted molar refractivity (Wildman–Crippen MR) is 108 cm³/mol. The molecule has 0 aliphatic carbocycles. The van der Waals surface area contributed by atoms with E-state index in [-0.39, 0.29) is 36.6 Å². The maximum Gasteiger partial charge on any atom is 0.242 e. The SMILES string of the molecule is CC(C)(N)C(=O)N1CCN(CC(=O)N2CCc3ccccc32)CC1.Cl.Cl. The summed E-state index contributed by atoms with van der Waals surface area (Å²) in [5.41, 5.74) is 7.34. The van der Waals surface area contributed by atoms with Gasteiger partial charge in [0.2, 0.25) is 11.8 Å². The lowest BCUT2D eigenvalue weighted by Crippen LogP contribution is -2.57. The number of nitrogens with two attached hydrogens (primary N) is 1. The molecule has 0 unspecified atom stereocenters. The van der Waals surface area contributed by atoms with Crippen molar-refractivity contribution in [1.82, 2.24) is 9.80 Å². The highest BCUT2D eigenvalue weighted by Crippen LogP contribution is 2.27. The summed E-state index contributed by atoms with van der Waals surface area (Å²) in [4.78, 5) is 30.6. The second-order valence-electron chi connectivity index (χ2n) is 7.21. The molecular formula is C18H28Cl2N4O2. The molecule has 1 aromatic rings. The van der Waals surface area contributed by atoms with E-state index in [1.165, 1.54) is 5.56 Å². The molecular weight excluding hydrogens is 375 g/mol. The third-order valence-electron chi connectivity index (χ3n) is 4.76. The molecule has 26 heavy (non-hydrogen) atoms. The Bertz CT molecular complexity index is 640. The molecule has 2 heterocycles. The topological polar surface area (TPSA) is 69.9 Å². The number of amides is 2. The standard InChI is InChI=1S/C18H26N4O2.2ClH/c1-18(2,19)17(24)21-11-9-20(10-12-21)13-16(23)22-8-7-14-5-3-4-6-15(14)22;;/h3-6H,7-13,19H2,1-2H3;2*1H. The number of carbonyl (C=O) groups excluding carboxylic acids is 2. The summed E-state index contributed by atoms with van der Waals surface area (Å²) in [6.07, 6.45) is 0.926. The molecule has 2 amide bonds. The maximum absolute atomic E-state index is 12.6. The summed E-state index contributed by atoms with van der Waals surface area (Å²) in [6, 6.07) is 8.09. The van der Waals surface area contributed by atoms with Gasteiger partial charge in [-0.15, -0.1) is 24.8 Å². The van der Waals surface area contributed by atoms with Crippen LogP contribution in [0.3, 0.4) is 0 Å². The first kappa shape index (κ1) is 22.7. The number of piperazine rings is 1. The monoisotopic (exact) mass is 402 g/mol. The largest absolute Gasteiger partial charge is 0.339 e. The molecule has 8 heteroatoms. The summed E-state index contributed by atoms with van der Waals surface area (Å²) >= 11 is 0. The number of fused-ring (bicyclic) bond motifs is 1. The van der Waals surface area contributed by atoms with Gasteiger partial charge in [-0.2, -0.15) is 0 Å². The van der Waals surface area contributed by atoms with Crippen molar-refractivity contribution in [2.24, 2.45) is 5.73 Å². The highest BCUT2D eigenvalue weighted by Gasteiger charge is 2.31. The van der Waals surface area contributed by atoms with Gasteiger partial charge in [0, 0.05) is 38.4 Å². The van der Waals surface area contributed by atoms with Crippen LogP contribution in [0.25, 0.3) is 0 Å². The van der Waals surface area contributed by atoms with Gasteiger partial charge < -0.3 is 15.5 Å². The lowest BCUT2D eigenvalue weighted by molar-refractivity contribution is -0.137. The van der Waals surface area contributed by atoms with Crippen molar-refractivity contribution in [3.63, 3.8) is 0 Å². The van der Waals surface area contributed by atoms with Crippen molar-refractivity contribution >= 4 is 42.3 Å². The molecule has 2 aliphatic rings. The minimum Gasteiger partial charge on any atom is -0.339 e. The number of carbonyl (C=O) groups is 2. The van der Waals surface area contributed by atoms with Crippen molar-refractivity contribution in [1.29, 1.82) is 0 Å². The van der Waals surface area contributed by atoms with E-state index in [9.17, 15) is 9.59 Å². The minimum atomic E-state index is -0.836. The molecule has 0 aromatic heterocycles. The third-order valence-corrected chi connectivity index (χ3v) is 4.76. The average Bonchev–Trinajstić information content (AvgIpc) is 2.98. The quantitative estimate of drug-likeness (QED) is 0.826. The summed E-state index contributed by atoms with van der Waals surface area (Å²) in [7, 11) is 0. The molecule has 0 radical (unpaired) electrons. The van der Waals surface area contributed by atoms with Crippen LogP contribution in [-0.2, 0) is 16.0 Å². The van der Waals surface area contributed by atoms with Crippen LogP contribution in [0.1, 0.15) is 19.4 Å². The fourth-order valence-electron chi connectivity index (χ4n) is 3.39. The van der Waals surface area contributed by atoms with Crippen LogP contribution < -0.4 is 10.6 Å². The van der Waals surface area contributed by atoms with E-state index < -0.39 is 5.54 Å². The number of benzene rings is 1. The number of hydrogen-bond acceptors (Lipinski definition) is 4. The van der Waals surface area contributed by atoms with Crippen molar-refractivity contribution in [2.45, 2.75) is 25.8 Å². The Morgan fingerprint density at radius 2 is 1.65 bits per heavy atom. The van der Waals surface area contributed by atoms with Gasteiger partial charge in [-0.1, -0.05) is 18.2 Å². The van der Waals surface area contributed by atoms with Gasteiger partial charge >= 0.3 is 0 Å². The van der Waals surface area contributed by atoms with Gasteiger partial charge in [-0.3, -0.25) is 14.5 Å². The van der Waals surface area contributed by atoms with E-state index in [0.29, 0.717) is 32.7 Å². The highest BCUT2D eigenvalue weighted by atomic mass is 35.5. The van der Waals surface area contributed by atoms with E-state index in [1.54, 1.807) is 18.7 Å². The molecule has 0 bridgehead atoms. The highest BCUT2D eigenvalue weighted by molar-refractivity contribution is 5.96. The van der Waals surface area contributed by atoms with Crippen LogP contribution in [0.4, 0.5) is 5.69 Å². The Kier molecular flexibility index (Phi) is 7.89. The molecule has 1 fully saturated rings. The lowest BCUT2D eigenvalue weighted by Gasteiger charge is -2.37. The number of hydrogen-bond donors (Lipinski definition) is 1. The van der Waals surface area contributed by atoms with Crippen molar-refractivity contribution in [2.75, 3.05) is 44.2 Å². The molecule has 1 saturated heterocycles. The molecule has 6 nitrogen and oxygen atoms in total. The van der Waals surface area contributed by atoms with E-state index in [0.717, 1.165) is 18.7 Å². The van der Waals surface area contributed by atoms with E-state index >= 15 is 0 Å². The predicted octanol–water partition coefficient (Wildman–Crippen LogP) is 1.30. The fraction of sp³-hybridized carbons (Fsp3) is 0.556. The number of para-hydroxylation sites is 1. The van der Waals surface area contributed by atoms with Crippen molar-refractivity contribution in [3.8, 4) is 0 Å². The third kappa shape index (κ3) is 4.88. The van der Waals surface area contributed by atoms with Gasteiger partial charge in [-0.25, -0.2) is 0 Å². The molecule has 0 saturated carbocycles. The van der Waals surface area contributed by atoms with Gasteiger partial charge in [0.25, 0.3) is 0 Å². The van der Waals surface area contributed by atoms with Crippen LogP contribution in [-0.4, -0.2) is 66.4 Å². The zero-order valence-electron chi connectivity index (χ0n) is 15.3. The maximum atomic E-state index is 12.6. The summed E-state index contributed by atoms with van der Waals surface area (Å²) < 4.78 is 0.